The van der Waals surface area contributed by atoms with Gasteiger partial charge in [0.1, 0.15) is 5.75 Å². The summed E-state index contributed by atoms with van der Waals surface area (Å²) < 4.78 is 5.59. The van der Waals surface area contributed by atoms with Gasteiger partial charge in [-0.2, -0.15) is 0 Å². The van der Waals surface area contributed by atoms with E-state index in [0.717, 1.165) is 13.1 Å². The van der Waals surface area contributed by atoms with Crippen LogP contribution in [0, 0.1) is 10.1 Å². The van der Waals surface area contributed by atoms with E-state index in [1.54, 1.807) is 24.3 Å². The van der Waals surface area contributed by atoms with Gasteiger partial charge in [0, 0.05) is 42.3 Å². The second-order valence-corrected chi connectivity index (χ2v) is 6.48. The van der Waals surface area contributed by atoms with Gasteiger partial charge in [-0.1, -0.05) is 11.6 Å². The van der Waals surface area contributed by atoms with Crippen molar-refractivity contribution in [3.05, 3.63) is 63.2 Å². The first-order chi connectivity index (χ1) is 12.5. The van der Waals surface area contributed by atoms with Crippen LogP contribution in [-0.4, -0.2) is 41.4 Å². The lowest BCUT2D eigenvalue weighted by molar-refractivity contribution is -0.385. The number of ether oxygens (including phenoxy) is 1. The molecule has 1 aliphatic rings. The van der Waals surface area contributed by atoms with Crippen LogP contribution in [0.1, 0.15) is 17.3 Å². The van der Waals surface area contributed by atoms with Crippen LogP contribution < -0.4 is 10.1 Å². The number of amides is 1. The average molecular weight is 412 g/mol. The molecule has 0 spiro atoms. The summed E-state index contributed by atoms with van der Waals surface area (Å²) in [6, 6.07) is 10.9. The third kappa shape index (κ3) is 4.88. The first kappa shape index (κ1) is 21.0. The second-order valence-electron chi connectivity index (χ2n) is 6.05. The monoisotopic (exact) mass is 411 g/mol. The Morgan fingerprint density at radius 1 is 1.30 bits per heavy atom. The molecule has 1 fully saturated rings. The Morgan fingerprint density at radius 3 is 2.63 bits per heavy atom. The van der Waals surface area contributed by atoms with Gasteiger partial charge in [0.15, 0.2) is 0 Å². The lowest BCUT2D eigenvalue weighted by Gasteiger charge is -2.34. The first-order valence-electron chi connectivity index (χ1n) is 8.19. The summed E-state index contributed by atoms with van der Waals surface area (Å²) in [5.74, 6) is 0.456. The minimum atomic E-state index is -0.551. The third-order valence-electron chi connectivity index (χ3n) is 4.21. The zero-order valence-electron chi connectivity index (χ0n) is 14.6. The predicted molar refractivity (Wildman–Crippen MR) is 105 cm³/mol. The Morgan fingerprint density at radius 2 is 2.00 bits per heavy atom. The highest BCUT2D eigenvalue weighted by atomic mass is 35.5. The summed E-state index contributed by atoms with van der Waals surface area (Å²) in [7, 11) is 0. The Kier molecular flexibility index (Phi) is 7.01. The molecular weight excluding hydrogens is 393 g/mol. The van der Waals surface area contributed by atoms with E-state index in [4.69, 9.17) is 16.3 Å². The normalized spacial score (nSPS) is 16.4. The van der Waals surface area contributed by atoms with Gasteiger partial charge in [-0.15, -0.1) is 12.4 Å². The van der Waals surface area contributed by atoms with Gasteiger partial charge in [0.2, 0.25) is 5.75 Å². The van der Waals surface area contributed by atoms with E-state index in [0.29, 0.717) is 17.9 Å². The maximum Gasteiger partial charge on any atom is 0.313 e. The molecule has 0 saturated carbocycles. The van der Waals surface area contributed by atoms with Crippen LogP contribution in [-0.2, 0) is 0 Å². The van der Waals surface area contributed by atoms with Crippen molar-refractivity contribution in [3.63, 3.8) is 0 Å². The number of nitro benzene ring substituents is 1. The largest absolute Gasteiger partial charge is 0.450 e. The molecule has 2 aromatic rings. The maximum absolute atomic E-state index is 12.6. The van der Waals surface area contributed by atoms with Crippen LogP contribution in [0.2, 0.25) is 5.02 Å². The summed E-state index contributed by atoms with van der Waals surface area (Å²) in [5.41, 5.74) is 0.337. The molecule has 0 aliphatic carbocycles. The molecule has 1 heterocycles. The number of nitro groups is 1. The molecule has 0 bridgehead atoms. The van der Waals surface area contributed by atoms with Crippen molar-refractivity contribution in [2.45, 2.75) is 13.0 Å². The molecular formula is C18H19Cl2N3O4. The highest BCUT2D eigenvalue weighted by Gasteiger charge is 2.24. The molecule has 1 atom stereocenters. The van der Waals surface area contributed by atoms with E-state index in [9.17, 15) is 14.9 Å². The molecule has 144 valence electrons. The average Bonchev–Trinajstić information content (AvgIpc) is 2.63. The molecule has 1 N–H and O–H groups in total. The lowest BCUT2D eigenvalue weighted by Crippen LogP contribution is -2.52. The molecule has 7 nitrogen and oxygen atoms in total. The molecule has 1 amide bonds. The predicted octanol–water partition coefficient (Wildman–Crippen LogP) is 3.90. The number of hydrogen-bond acceptors (Lipinski definition) is 5. The number of rotatable bonds is 4. The molecule has 27 heavy (non-hydrogen) atoms. The number of halogens is 2. The minimum Gasteiger partial charge on any atom is -0.450 e. The fourth-order valence-corrected chi connectivity index (χ4v) is 2.99. The van der Waals surface area contributed by atoms with Crippen molar-refractivity contribution in [2.24, 2.45) is 0 Å². The summed E-state index contributed by atoms with van der Waals surface area (Å²) in [5, 5.41) is 14.6. The van der Waals surface area contributed by atoms with E-state index < -0.39 is 4.92 Å². The quantitative estimate of drug-likeness (QED) is 0.608. The second kappa shape index (κ2) is 9.03. The number of piperazine rings is 1. The molecule has 1 saturated heterocycles. The van der Waals surface area contributed by atoms with Crippen LogP contribution in [0.25, 0.3) is 0 Å². The summed E-state index contributed by atoms with van der Waals surface area (Å²) in [6.07, 6.45) is 0. The molecule has 2 aromatic carbocycles. The summed E-state index contributed by atoms with van der Waals surface area (Å²) in [6.45, 7) is 4.21. The van der Waals surface area contributed by atoms with Gasteiger partial charge >= 0.3 is 5.69 Å². The van der Waals surface area contributed by atoms with Crippen LogP contribution in [0.5, 0.6) is 11.5 Å². The van der Waals surface area contributed by atoms with Crippen molar-refractivity contribution < 1.29 is 14.5 Å². The topological polar surface area (TPSA) is 84.7 Å². The van der Waals surface area contributed by atoms with E-state index in [2.05, 4.69) is 5.32 Å². The van der Waals surface area contributed by atoms with Crippen LogP contribution >= 0.6 is 24.0 Å². The smallest absolute Gasteiger partial charge is 0.313 e. The van der Waals surface area contributed by atoms with Crippen LogP contribution in [0.15, 0.2) is 42.5 Å². The zero-order chi connectivity index (χ0) is 18.7. The Labute approximate surface area is 167 Å². The summed E-state index contributed by atoms with van der Waals surface area (Å²) in [4.78, 5) is 25.0. The third-order valence-corrected chi connectivity index (χ3v) is 4.44. The number of benzene rings is 2. The zero-order valence-corrected chi connectivity index (χ0v) is 16.1. The van der Waals surface area contributed by atoms with Crippen molar-refractivity contribution in [1.29, 1.82) is 0 Å². The highest BCUT2D eigenvalue weighted by molar-refractivity contribution is 6.30. The fraction of sp³-hybridized carbons (Fsp3) is 0.278. The molecule has 9 heteroatoms. The number of carbonyl (C=O) groups is 1. The van der Waals surface area contributed by atoms with E-state index >= 15 is 0 Å². The van der Waals surface area contributed by atoms with Crippen molar-refractivity contribution in [1.82, 2.24) is 10.2 Å². The molecule has 0 radical (unpaired) electrons. The molecule has 1 unspecified atom stereocenters. The van der Waals surface area contributed by atoms with Gasteiger partial charge in [-0.05, 0) is 43.3 Å². The van der Waals surface area contributed by atoms with Gasteiger partial charge in [0.05, 0.1) is 4.92 Å². The van der Waals surface area contributed by atoms with Gasteiger partial charge in [-0.3, -0.25) is 14.9 Å². The van der Waals surface area contributed by atoms with Gasteiger partial charge in [0.25, 0.3) is 5.91 Å². The van der Waals surface area contributed by atoms with Crippen molar-refractivity contribution in [2.75, 3.05) is 19.6 Å². The van der Waals surface area contributed by atoms with Crippen molar-refractivity contribution in [3.8, 4) is 11.5 Å². The van der Waals surface area contributed by atoms with E-state index in [-0.39, 0.29) is 40.8 Å². The van der Waals surface area contributed by atoms with Gasteiger partial charge in [-0.25, -0.2) is 0 Å². The Hall–Kier alpha value is -2.35. The number of nitrogens with one attached hydrogen (secondary N) is 1. The fourth-order valence-electron chi connectivity index (χ4n) is 2.82. The lowest BCUT2D eigenvalue weighted by atomic mass is 10.1. The Bertz CT molecular complexity index is 830. The standard InChI is InChI=1S/C18H18ClN3O4.ClH/c1-12-11-20-8-9-21(12)18(23)13-2-5-15(6-3-13)26-17-7-4-14(19)10-16(17)22(24)25;/h2-7,10,12,20H,8-9,11H2,1H3;1H. The number of carbonyl (C=O) groups excluding carboxylic acids is 1. The highest BCUT2D eigenvalue weighted by Crippen LogP contribution is 2.33. The minimum absolute atomic E-state index is 0. The van der Waals surface area contributed by atoms with E-state index in [1.165, 1.54) is 18.2 Å². The first-order valence-corrected chi connectivity index (χ1v) is 8.57. The Balaban J connectivity index is 0.00000261. The number of hydrogen-bond donors (Lipinski definition) is 1. The van der Waals surface area contributed by atoms with Gasteiger partial charge < -0.3 is 15.0 Å². The molecule has 0 aromatic heterocycles. The van der Waals surface area contributed by atoms with Crippen LogP contribution in [0.4, 0.5) is 5.69 Å². The molecule has 1 aliphatic heterocycles. The summed E-state index contributed by atoms with van der Waals surface area (Å²) >= 11 is 5.80. The molecule has 3 rings (SSSR count). The van der Waals surface area contributed by atoms with Crippen molar-refractivity contribution >= 4 is 35.6 Å². The van der Waals surface area contributed by atoms with Crippen LogP contribution in [0.3, 0.4) is 0 Å². The maximum atomic E-state index is 12.6. The van der Waals surface area contributed by atoms with E-state index in [1.807, 2.05) is 11.8 Å². The SMILES string of the molecule is CC1CNCCN1C(=O)c1ccc(Oc2ccc(Cl)cc2[N+](=O)[O-])cc1.Cl. The number of nitrogens with zero attached hydrogens (tertiary/aromatic N) is 2.